The number of hydrogen-bond acceptors (Lipinski definition) is 7. The Labute approximate surface area is 203 Å². The normalized spacial score (nSPS) is 16.9. The number of benzene rings is 2. The average molecular weight is 475 g/mol. The van der Waals surface area contributed by atoms with Crippen molar-refractivity contribution in [2.24, 2.45) is 0 Å². The summed E-state index contributed by atoms with van der Waals surface area (Å²) in [7, 11) is 4.59. The molecule has 35 heavy (non-hydrogen) atoms. The van der Waals surface area contributed by atoms with E-state index in [1.165, 1.54) is 19.1 Å². The minimum Gasteiger partial charge on any atom is -0.507 e. The van der Waals surface area contributed by atoms with Crippen LogP contribution in [0.2, 0.25) is 0 Å². The first-order valence-corrected chi connectivity index (χ1v) is 10.9. The third-order valence-electron chi connectivity index (χ3n) is 6.01. The van der Waals surface area contributed by atoms with Crippen molar-refractivity contribution < 1.29 is 28.9 Å². The van der Waals surface area contributed by atoms with E-state index in [0.717, 1.165) is 11.1 Å². The summed E-state index contributed by atoms with van der Waals surface area (Å²) in [4.78, 5) is 32.1. The topological polar surface area (TPSA) is 98.2 Å². The smallest absolute Gasteiger partial charge is 0.295 e. The number of methoxy groups -OCH3 is 3. The molecule has 1 unspecified atom stereocenters. The van der Waals surface area contributed by atoms with Gasteiger partial charge in [-0.1, -0.05) is 12.1 Å². The van der Waals surface area contributed by atoms with Gasteiger partial charge in [-0.2, -0.15) is 0 Å². The molecule has 2 aromatic carbocycles. The number of ketones is 1. The van der Waals surface area contributed by atoms with Crippen molar-refractivity contribution in [1.29, 1.82) is 0 Å². The number of rotatable bonds is 7. The molecule has 0 saturated carbocycles. The lowest BCUT2D eigenvalue weighted by molar-refractivity contribution is -0.140. The van der Waals surface area contributed by atoms with E-state index in [2.05, 4.69) is 4.98 Å². The van der Waals surface area contributed by atoms with E-state index >= 15 is 0 Å². The number of aliphatic hydroxyl groups is 1. The van der Waals surface area contributed by atoms with Crippen LogP contribution >= 0.6 is 0 Å². The lowest BCUT2D eigenvalue weighted by Gasteiger charge is -2.26. The number of aliphatic hydroxyl groups excluding tert-OH is 1. The highest BCUT2D eigenvalue weighted by Gasteiger charge is 2.46. The number of amides is 1. The number of likely N-dealkylation sites (tertiary alicyclic amines) is 1. The molecule has 180 valence electrons. The van der Waals surface area contributed by atoms with Gasteiger partial charge in [0.25, 0.3) is 11.7 Å². The molecule has 1 amide bonds. The molecular weight excluding hydrogens is 448 g/mol. The minimum atomic E-state index is -0.850. The number of nitrogens with zero attached hydrogens (tertiary/aromatic N) is 2. The maximum Gasteiger partial charge on any atom is 0.295 e. The molecule has 8 nitrogen and oxygen atoms in total. The number of Topliss-reactive ketones (excluding diaryl/α,β-unsaturated/α-hetero) is 1. The van der Waals surface area contributed by atoms with Gasteiger partial charge in [-0.15, -0.1) is 0 Å². The van der Waals surface area contributed by atoms with Crippen LogP contribution in [0.15, 0.2) is 66.5 Å². The van der Waals surface area contributed by atoms with Gasteiger partial charge in [-0.05, 0) is 60.0 Å². The number of aromatic nitrogens is 1. The predicted molar refractivity (Wildman–Crippen MR) is 129 cm³/mol. The van der Waals surface area contributed by atoms with Crippen LogP contribution in [-0.2, 0) is 16.1 Å². The molecule has 0 spiro atoms. The van der Waals surface area contributed by atoms with E-state index < -0.39 is 17.7 Å². The van der Waals surface area contributed by atoms with Crippen molar-refractivity contribution in [3.8, 4) is 17.2 Å². The summed E-state index contributed by atoms with van der Waals surface area (Å²) in [6.45, 7) is 1.97. The number of carbonyl (C=O) groups excluding carboxylic acids is 2. The van der Waals surface area contributed by atoms with E-state index in [9.17, 15) is 14.7 Å². The van der Waals surface area contributed by atoms with Gasteiger partial charge in [0.15, 0.2) is 11.5 Å². The fourth-order valence-electron chi connectivity index (χ4n) is 4.28. The molecule has 0 radical (unpaired) electrons. The van der Waals surface area contributed by atoms with E-state index in [0.29, 0.717) is 28.4 Å². The Bertz CT molecular complexity index is 1300. The summed E-state index contributed by atoms with van der Waals surface area (Å²) in [5.41, 5.74) is 2.53. The summed E-state index contributed by atoms with van der Waals surface area (Å²) in [6, 6.07) is 13.0. The quantitative estimate of drug-likeness (QED) is 0.314. The molecule has 1 N–H and O–H groups in total. The first-order valence-electron chi connectivity index (χ1n) is 10.9. The highest BCUT2D eigenvalue weighted by molar-refractivity contribution is 6.46. The Balaban J connectivity index is 1.90. The maximum atomic E-state index is 13.3. The first kappa shape index (κ1) is 23.8. The maximum absolute atomic E-state index is 13.3. The number of hydrogen-bond donors (Lipinski definition) is 1. The summed E-state index contributed by atoms with van der Waals surface area (Å²) < 4.78 is 16.1. The van der Waals surface area contributed by atoms with E-state index in [1.54, 1.807) is 62.0 Å². The van der Waals surface area contributed by atoms with Gasteiger partial charge in [0, 0.05) is 24.5 Å². The van der Waals surface area contributed by atoms with Gasteiger partial charge in [0.05, 0.1) is 32.9 Å². The highest BCUT2D eigenvalue weighted by atomic mass is 16.5. The third kappa shape index (κ3) is 4.42. The molecule has 1 saturated heterocycles. The lowest BCUT2D eigenvalue weighted by Crippen LogP contribution is -2.29. The van der Waals surface area contributed by atoms with Crippen LogP contribution in [0, 0.1) is 6.92 Å². The van der Waals surface area contributed by atoms with E-state index in [4.69, 9.17) is 14.2 Å². The van der Waals surface area contributed by atoms with Gasteiger partial charge >= 0.3 is 0 Å². The Morgan fingerprint density at radius 1 is 0.971 bits per heavy atom. The molecule has 1 aromatic heterocycles. The number of ether oxygens (including phenoxy) is 3. The van der Waals surface area contributed by atoms with Crippen molar-refractivity contribution in [3.05, 3.63) is 88.8 Å². The Kier molecular flexibility index (Phi) is 6.73. The molecule has 1 aliphatic heterocycles. The second-order valence-electron chi connectivity index (χ2n) is 8.09. The molecule has 1 aliphatic rings. The molecule has 1 fully saturated rings. The zero-order valence-corrected chi connectivity index (χ0v) is 19.9. The standard InChI is InChI=1S/C27H26N2O6/c1-16-12-19(8-9-20(16)33-2)25(30)23-24(18-7-10-21(34-3)22(13-18)35-4)29(27(32)26(23)31)15-17-6-5-11-28-14-17/h5-14,24,30H,15H2,1-4H3/b25-23+. The van der Waals surface area contributed by atoms with Crippen LogP contribution < -0.4 is 14.2 Å². The Morgan fingerprint density at radius 3 is 2.31 bits per heavy atom. The molecule has 1 atom stereocenters. The van der Waals surface area contributed by atoms with Gasteiger partial charge in [0.2, 0.25) is 0 Å². The van der Waals surface area contributed by atoms with Crippen molar-refractivity contribution in [1.82, 2.24) is 9.88 Å². The monoisotopic (exact) mass is 474 g/mol. The third-order valence-corrected chi connectivity index (χ3v) is 6.01. The largest absolute Gasteiger partial charge is 0.507 e. The molecule has 8 heteroatoms. The fraction of sp³-hybridized carbons (Fsp3) is 0.222. The minimum absolute atomic E-state index is 0.00400. The number of carbonyl (C=O) groups is 2. The van der Waals surface area contributed by atoms with Crippen molar-refractivity contribution in [2.75, 3.05) is 21.3 Å². The van der Waals surface area contributed by atoms with Gasteiger partial charge in [-0.3, -0.25) is 14.6 Å². The van der Waals surface area contributed by atoms with Crippen LogP contribution in [0.1, 0.15) is 28.3 Å². The van der Waals surface area contributed by atoms with Crippen molar-refractivity contribution in [3.63, 3.8) is 0 Å². The molecular formula is C27H26N2O6. The van der Waals surface area contributed by atoms with Gasteiger partial charge in [0.1, 0.15) is 11.5 Å². The zero-order chi connectivity index (χ0) is 25.1. The molecule has 4 rings (SSSR count). The first-order chi connectivity index (χ1) is 16.9. The summed E-state index contributed by atoms with van der Waals surface area (Å²) in [5.74, 6) is -0.138. The van der Waals surface area contributed by atoms with Crippen LogP contribution in [-0.4, -0.2) is 48.0 Å². The SMILES string of the molecule is COc1ccc(/C(O)=C2\C(=O)C(=O)N(Cc3cccnc3)C2c2ccc(OC)c(OC)c2)cc1C. The summed E-state index contributed by atoms with van der Waals surface area (Å²) in [5, 5.41) is 11.3. The zero-order valence-electron chi connectivity index (χ0n) is 19.9. The molecule has 0 aliphatic carbocycles. The summed E-state index contributed by atoms with van der Waals surface area (Å²) >= 11 is 0. The van der Waals surface area contributed by atoms with Gasteiger partial charge < -0.3 is 24.2 Å². The second kappa shape index (κ2) is 9.89. The molecule has 3 aromatic rings. The summed E-state index contributed by atoms with van der Waals surface area (Å²) in [6.07, 6.45) is 3.27. The number of aryl methyl sites for hydroxylation is 1. The van der Waals surface area contributed by atoms with Crippen molar-refractivity contribution >= 4 is 17.4 Å². The predicted octanol–water partition coefficient (Wildman–Crippen LogP) is 4.04. The average Bonchev–Trinajstić information content (AvgIpc) is 3.13. The molecule has 2 heterocycles. The van der Waals surface area contributed by atoms with E-state index in [-0.39, 0.29) is 17.9 Å². The van der Waals surface area contributed by atoms with Crippen LogP contribution in [0.25, 0.3) is 5.76 Å². The van der Waals surface area contributed by atoms with Crippen molar-refractivity contribution in [2.45, 2.75) is 19.5 Å². The van der Waals surface area contributed by atoms with Crippen LogP contribution in [0.3, 0.4) is 0 Å². The van der Waals surface area contributed by atoms with Crippen LogP contribution in [0.4, 0.5) is 0 Å². The highest BCUT2D eigenvalue weighted by Crippen LogP contribution is 2.42. The van der Waals surface area contributed by atoms with Gasteiger partial charge in [-0.25, -0.2) is 0 Å². The molecule has 0 bridgehead atoms. The van der Waals surface area contributed by atoms with Crippen LogP contribution in [0.5, 0.6) is 17.2 Å². The lowest BCUT2D eigenvalue weighted by atomic mass is 9.94. The second-order valence-corrected chi connectivity index (χ2v) is 8.09. The Morgan fingerprint density at radius 2 is 1.69 bits per heavy atom. The Hall–Kier alpha value is -4.33. The van der Waals surface area contributed by atoms with E-state index in [1.807, 2.05) is 13.0 Å². The number of pyridine rings is 1. The fourth-order valence-corrected chi connectivity index (χ4v) is 4.28.